The third-order valence-corrected chi connectivity index (χ3v) is 4.00. The maximum Gasteiger partial charge on any atom is 0.251 e. The summed E-state index contributed by atoms with van der Waals surface area (Å²) in [4.78, 5) is 12.5. The van der Waals surface area contributed by atoms with Crippen LogP contribution in [0.25, 0.3) is 0 Å². The molecule has 0 bridgehead atoms. The van der Waals surface area contributed by atoms with Crippen LogP contribution in [-0.2, 0) is 0 Å². The fraction of sp³-hybridized carbons (Fsp3) is 0.381. The number of carbonyl (C=O) groups is 1. The predicted molar refractivity (Wildman–Crippen MR) is 98.6 cm³/mol. The van der Waals surface area contributed by atoms with E-state index < -0.39 is 0 Å². The Kier molecular flexibility index (Phi) is 6.02. The molecule has 0 heterocycles. The average molecular weight is 325 g/mol. The highest BCUT2D eigenvalue weighted by molar-refractivity contribution is 5.94. The minimum atomic E-state index is -0.0575. The summed E-state index contributed by atoms with van der Waals surface area (Å²) < 4.78 is 5.62. The summed E-state index contributed by atoms with van der Waals surface area (Å²) in [6.07, 6.45) is 0.975. The van der Waals surface area contributed by atoms with E-state index in [0.717, 1.165) is 12.2 Å². The molecule has 24 heavy (non-hydrogen) atoms. The Morgan fingerprint density at radius 3 is 2.29 bits per heavy atom. The number of aryl methyl sites for hydroxylation is 2. The zero-order valence-electron chi connectivity index (χ0n) is 15.2. The van der Waals surface area contributed by atoms with E-state index in [1.165, 1.54) is 16.7 Å². The van der Waals surface area contributed by atoms with E-state index in [4.69, 9.17) is 4.74 Å². The van der Waals surface area contributed by atoms with Gasteiger partial charge in [-0.3, -0.25) is 4.79 Å². The van der Waals surface area contributed by atoms with Gasteiger partial charge in [0.1, 0.15) is 5.75 Å². The molecule has 0 aromatic heterocycles. The second kappa shape index (κ2) is 8.00. The van der Waals surface area contributed by atoms with Crippen LogP contribution in [-0.4, -0.2) is 12.0 Å². The van der Waals surface area contributed by atoms with Gasteiger partial charge in [0.15, 0.2) is 0 Å². The van der Waals surface area contributed by atoms with Crippen LogP contribution in [0.2, 0.25) is 0 Å². The molecule has 1 atom stereocenters. The lowest BCUT2D eigenvalue weighted by Crippen LogP contribution is -2.28. The molecule has 0 radical (unpaired) electrons. The van der Waals surface area contributed by atoms with Crippen molar-refractivity contribution in [3.05, 3.63) is 64.7 Å². The van der Waals surface area contributed by atoms with Gasteiger partial charge in [0.25, 0.3) is 5.91 Å². The first kappa shape index (κ1) is 18.1. The van der Waals surface area contributed by atoms with Crippen molar-refractivity contribution in [3.8, 4) is 5.75 Å². The molecule has 2 aromatic rings. The van der Waals surface area contributed by atoms with Crippen molar-refractivity contribution in [2.75, 3.05) is 0 Å². The molecule has 3 heteroatoms. The topological polar surface area (TPSA) is 38.3 Å². The first-order chi connectivity index (χ1) is 11.4. The Hall–Kier alpha value is -2.29. The average Bonchev–Trinajstić information content (AvgIpc) is 2.53. The summed E-state index contributed by atoms with van der Waals surface area (Å²) in [5.41, 5.74) is 4.27. The van der Waals surface area contributed by atoms with Crippen LogP contribution in [0.4, 0.5) is 0 Å². The van der Waals surface area contributed by atoms with Crippen molar-refractivity contribution in [2.45, 2.75) is 53.2 Å². The van der Waals surface area contributed by atoms with Crippen molar-refractivity contribution in [2.24, 2.45) is 0 Å². The standard InChI is InChI=1S/C21H27NO2/c1-6-20(19-12-7-15(4)13-16(19)5)22-21(23)17-8-10-18(11-9-17)24-14(2)3/h7-14,20H,6H2,1-5H3,(H,22,23). The number of hydrogen-bond donors (Lipinski definition) is 1. The highest BCUT2D eigenvalue weighted by Crippen LogP contribution is 2.22. The first-order valence-corrected chi connectivity index (χ1v) is 8.55. The molecular weight excluding hydrogens is 298 g/mol. The van der Waals surface area contributed by atoms with Crippen molar-refractivity contribution in [1.82, 2.24) is 5.32 Å². The summed E-state index contributed by atoms with van der Waals surface area (Å²) in [6, 6.07) is 13.7. The molecule has 0 aliphatic heterocycles. The van der Waals surface area contributed by atoms with Crippen molar-refractivity contribution >= 4 is 5.91 Å². The van der Waals surface area contributed by atoms with Gasteiger partial charge in [-0.05, 0) is 69.5 Å². The SMILES string of the molecule is CCC(NC(=O)c1ccc(OC(C)C)cc1)c1ccc(C)cc1C. The maximum absolute atomic E-state index is 12.5. The zero-order chi connectivity index (χ0) is 17.7. The van der Waals surface area contributed by atoms with E-state index in [0.29, 0.717) is 5.56 Å². The minimum Gasteiger partial charge on any atom is -0.491 e. The van der Waals surface area contributed by atoms with Crippen LogP contribution in [0.5, 0.6) is 5.75 Å². The predicted octanol–water partition coefficient (Wildman–Crippen LogP) is 4.97. The van der Waals surface area contributed by atoms with E-state index in [1.807, 2.05) is 38.1 Å². The third kappa shape index (κ3) is 4.60. The van der Waals surface area contributed by atoms with Crippen molar-refractivity contribution < 1.29 is 9.53 Å². The largest absolute Gasteiger partial charge is 0.491 e. The number of amides is 1. The fourth-order valence-corrected chi connectivity index (χ4v) is 2.81. The Labute approximate surface area is 145 Å². The van der Waals surface area contributed by atoms with E-state index in [-0.39, 0.29) is 18.1 Å². The summed E-state index contributed by atoms with van der Waals surface area (Å²) in [6.45, 7) is 10.2. The summed E-state index contributed by atoms with van der Waals surface area (Å²) in [5.74, 6) is 0.723. The van der Waals surface area contributed by atoms with Gasteiger partial charge in [0.05, 0.1) is 12.1 Å². The molecule has 2 aromatic carbocycles. The molecule has 0 saturated carbocycles. The number of nitrogens with one attached hydrogen (secondary N) is 1. The molecule has 2 rings (SSSR count). The monoisotopic (exact) mass is 325 g/mol. The third-order valence-electron chi connectivity index (χ3n) is 4.00. The number of hydrogen-bond acceptors (Lipinski definition) is 2. The van der Waals surface area contributed by atoms with E-state index in [9.17, 15) is 4.79 Å². The van der Waals surface area contributed by atoms with Crippen LogP contribution in [0.15, 0.2) is 42.5 Å². The van der Waals surface area contributed by atoms with E-state index in [1.54, 1.807) is 0 Å². The molecule has 128 valence electrons. The van der Waals surface area contributed by atoms with Gasteiger partial charge in [-0.2, -0.15) is 0 Å². The molecule has 1 unspecified atom stereocenters. The van der Waals surface area contributed by atoms with Gasteiger partial charge in [-0.15, -0.1) is 0 Å². The van der Waals surface area contributed by atoms with Crippen LogP contribution in [0.3, 0.4) is 0 Å². The molecule has 1 N–H and O–H groups in total. The number of ether oxygens (including phenoxy) is 1. The van der Waals surface area contributed by atoms with E-state index >= 15 is 0 Å². The van der Waals surface area contributed by atoms with Crippen molar-refractivity contribution in [3.63, 3.8) is 0 Å². The molecule has 0 saturated heterocycles. The fourth-order valence-electron chi connectivity index (χ4n) is 2.81. The lowest BCUT2D eigenvalue weighted by Gasteiger charge is -2.20. The molecule has 1 amide bonds. The second-order valence-corrected chi connectivity index (χ2v) is 6.49. The first-order valence-electron chi connectivity index (χ1n) is 8.55. The summed E-state index contributed by atoms with van der Waals surface area (Å²) >= 11 is 0. The molecule has 0 fully saturated rings. The quantitative estimate of drug-likeness (QED) is 0.814. The van der Waals surface area contributed by atoms with E-state index in [2.05, 4.69) is 44.3 Å². The van der Waals surface area contributed by atoms with Gasteiger partial charge >= 0.3 is 0 Å². The van der Waals surface area contributed by atoms with Crippen LogP contribution in [0, 0.1) is 13.8 Å². The van der Waals surface area contributed by atoms with Crippen LogP contribution >= 0.6 is 0 Å². The maximum atomic E-state index is 12.5. The van der Waals surface area contributed by atoms with Gasteiger partial charge in [-0.25, -0.2) is 0 Å². The Balaban J connectivity index is 2.11. The molecule has 0 spiro atoms. The Morgan fingerprint density at radius 1 is 1.08 bits per heavy atom. The van der Waals surface area contributed by atoms with Gasteiger partial charge in [-0.1, -0.05) is 30.7 Å². The van der Waals surface area contributed by atoms with Crippen LogP contribution < -0.4 is 10.1 Å². The van der Waals surface area contributed by atoms with Crippen molar-refractivity contribution in [1.29, 1.82) is 0 Å². The van der Waals surface area contributed by atoms with Gasteiger partial charge in [0.2, 0.25) is 0 Å². The highest BCUT2D eigenvalue weighted by Gasteiger charge is 2.16. The lowest BCUT2D eigenvalue weighted by molar-refractivity contribution is 0.0935. The minimum absolute atomic E-state index is 0.0182. The van der Waals surface area contributed by atoms with Gasteiger partial charge in [0, 0.05) is 5.56 Å². The highest BCUT2D eigenvalue weighted by atomic mass is 16.5. The number of benzene rings is 2. The Bertz CT molecular complexity index is 689. The molecule has 3 nitrogen and oxygen atoms in total. The molecular formula is C21H27NO2. The smallest absolute Gasteiger partial charge is 0.251 e. The zero-order valence-corrected chi connectivity index (χ0v) is 15.2. The molecule has 0 aliphatic rings. The lowest BCUT2D eigenvalue weighted by atomic mass is 9.97. The van der Waals surface area contributed by atoms with Gasteiger partial charge < -0.3 is 10.1 Å². The normalized spacial score (nSPS) is 12.1. The second-order valence-electron chi connectivity index (χ2n) is 6.49. The Morgan fingerprint density at radius 2 is 1.75 bits per heavy atom. The summed E-state index contributed by atoms with van der Waals surface area (Å²) in [7, 11) is 0. The summed E-state index contributed by atoms with van der Waals surface area (Å²) in [5, 5.41) is 3.14. The number of carbonyl (C=O) groups excluding carboxylic acids is 1. The number of rotatable bonds is 6. The molecule has 0 aliphatic carbocycles. The van der Waals surface area contributed by atoms with Crippen LogP contribution in [0.1, 0.15) is 60.3 Å².